The Labute approximate surface area is 173 Å². The van der Waals surface area contributed by atoms with Crippen LogP contribution in [0.15, 0.2) is 41.5 Å². The third-order valence-electron chi connectivity index (χ3n) is 9.17. The fourth-order valence-corrected chi connectivity index (χ4v) is 7.41. The molecule has 0 aromatic heterocycles. The first-order chi connectivity index (χ1) is 13.8. The molecule has 156 valence electrons. The Kier molecular flexibility index (Phi) is 4.56. The maximum absolute atomic E-state index is 13.3. The molecule has 0 heterocycles. The fourth-order valence-electron chi connectivity index (χ4n) is 7.41. The quantitative estimate of drug-likeness (QED) is 0.615. The molecule has 5 rings (SSSR count). The number of benzene rings is 1. The molecule has 3 heteroatoms. The van der Waals surface area contributed by atoms with Gasteiger partial charge in [0.2, 0.25) is 0 Å². The van der Waals surface area contributed by atoms with Gasteiger partial charge in [0, 0.05) is 5.41 Å². The molecule has 3 saturated carbocycles. The molecule has 29 heavy (non-hydrogen) atoms. The summed E-state index contributed by atoms with van der Waals surface area (Å²) in [6, 6.07) is 6.58. The highest BCUT2D eigenvalue weighted by Crippen LogP contribution is 2.65. The van der Waals surface area contributed by atoms with Gasteiger partial charge < -0.3 is 10.2 Å². The summed E-state index contributed by atoms with van der Waals surface area (Å²) in [6.45, 7) is 4.72. The third-order valence-corrected chi connectivity index (χ3v) is 9.17. The van der Waals surface area contributed by atoms with Crippen molar-refractivity contribution >= 4 is 6.08 Å². The van der Waals surface area contributed by atoms with Crippen LogP contribution in [-0.4, -0.2) is 22.4 Å². The SMILES string of the molecule is C[C@]12CC[C@H]3[C@@H](CC=C4C[C@H](O)CC[C@@]43C)[C@@H]1C/C(=C\c1ccc(F)cc1)[C@H]2O. The van der Waals surface area contributed by atoms with Gasteiger partial charge in [0.15, 0.2) is 0 Å². The second-order valence-corrected chi connectivity index (χ2v) is 10.6. The van der Waals surface area contributed by atoms with Crippen molar-refractivity contribution in [2.75, 3.05) is 0 Å². The van der Waals surface area contributed by atoms with Gasteiger partial charge in [0.25, 0.3) is 0 Å². The fraction of sp³-hybridized carbons (Fsp3) is 0.615. The van der Waals surface area contributed by atoms with Crippen LogP contribution in [0.4, 0.5) is 4.39 Å². The summed E-state index contributed by atoms with van der Waals surface area (Å²) in [4.78, 5) is 0. The monoisotopic (exact) mass is 396 g/mol. The molecule has 4 aliphatic rings. The summed E-state index contributed by atoms with van der Waals surface area (Å²) < 4.78 is 13.3. The lowest BCUT2D eigenvalue weighted by Crippen LogP contribution is -2.51. The molecule has 4 aliphatic carbocycles. The Balaban J connectivity index is 1.46. The summed E-state index contributed by atoms with van der Waals surface area (Å²) in [7, 11) is 0. The topological polar surface area (TPSA) is 40.5 Å². The van der Waals surface area contributed by atoms with Crippen molar-refractivity contribution in [1.82, 2.24) is 0 Å². The minimum absolute atomic E-state index is 0.0666. The van der Waals surface area contributed by atoms with E-state index in [-0.39, 0.29) is 22.8 Å². The van der Waals surface area contributed by atoms with Crippen molar-refractivity contribution in [3.63, 3.8) is 0 Å². The van der Waals surface area contributed by atoms with E-state index in [0.29, 0.717) is 17.8 Å². The average Bonchev–Trinajstić information content (AvgIpc) is 2.95. The van der Waals surface area contributed by atoms with E-state index in [1.807, 2.05) is 0 Å². The summed E-state index contributed by atoms with van der Waals surface area (Å²) in [5.74, 6) is 1.53. The van der Waals surface area contributed by atoms with Gasteiger partial charge in [-0.15, -0.1) is 0 Å². The minimum atomic E-state index is -0.412. The predicted molar refractivity (Wildman–Crippen MR) is 113 cm³/mol. The molecular formula is C26H33FO2. The number of fused-ring (bicyclic) bond motifs is 5. The molecule has 2 N–H and O–H groups in total. The number of rotatable bonds is 1. The van der Waals surface area contributed by atoms with Crippen molar-refractivity contribution in [2.45, 2.75) is 71.0 Å². The van der Waals surface area contributed by atoms with Crippen molar-refractivity contribution in [3.8, 4) is 0 Å². The van der Waals surface area contributed by atoms with Crippen molar-refractivity contribution < 1.29 is 14.6 Å². The van der Waals surface area contributed by atoms with Gasteiger partial charge in [-0.2, -0.15) is 0 Å². The van der Waals surface area contributed by atoms with Gasteiger partial charge in [0.05, 0.1) is 12.2 Å². The molecule has 0 saturated heterocycles. The predicted octanol–water partition coefficient (Wildman–Crippen LogP) is 5.50. The van der Waals surface area contributed by atoms with E-state index in [1.54, 1.807) is 12.1 Å². The number of allylic oxidation sites excluding steroid dienone is 1. The van der Waals surface area contributed by atoms with Gasteiger partial charge in [0.1, 0.15) is 5.82 Å². The average molecular weight is 397 g/mol. The van der Waals surface area contributed by atoms with Gasteiger partial charge in [-0.05, 0) is 91.4 Å². The summed E-state index contributed by atoms with van der Waals surface area (Å²) >= 11 is 0. The second kappa shape index (κ2) is 6.78. The van der Waals surface area contributed by atoms with E-state index < -0.39 is 6.10 Å². The Morgan fingerprint density at radius 3 is 2.52 bits per heavy atom. The Hall–Kier alpha value is -1.45. The van der Waals surface area contributed by atoms with E-state index >= 15 is 0 Å². The Bertz CT molecular complexity index is 856. The maximum atomic E-state index is 13.3. The molecule has 0 amide bonds. The molecule has 0 unspecified atom stereocenters. The van der Waals surface area contributed by atoms with Crippen LogP contribution in [-0.2, 0) is 0 Å². The Morgan fingerprint density at radius 2 is 1.76 bits per heavy atom. The summed E-state index contributed by atoms with van der Waals surface area (Å²) in [6.07, 6.45) is 11.0. The van der Waals surface area contributed by atoms with E-state index in [0.717, 1.165) is 49.7 Å². The van der Waals surface area contributed by atoms with Gasteiger partial charge in [-0.1, -0.05) is 43.7 Å². The smallest absolute Gasteiger partial charge is 0.123 e. The van der Waals surface area contributed by atoms with E-state index in [1.165, 1.54) is 24.1 Å². The molecule has 1 aromatic carbocycles. The number of aliphatic hydroxyl groups is 2. The molecule has 0 spiro atoms. The minimum Gasteiger partial charge on any atom is -0.393 e. The van der Waals surface area contributed by atoms with Crippen LogP contribution < -0.4 is 0 Å². The highest BCUT2D eigenvalue weighted by atomic mass is 19.1. The van der Waals surface area contributed by atoms with Crippen LogP contribution in [0, 0.1) is 34.4 Å². The molecule has 3 fully saturated rings. The molecular weight excluding hydrogens is 363 g/mol. The number of hydrogen-bond acceptors (Lipinski definition) is 2. The van der Waals surface area contributed by atoms with Crippen LogP contribution in [0.2, 0.25) is 0 Å². The largest absolute Gasteiger partial charge is 0.393 e. The van der Waals surface area contributed by atoms with Crippen LogP contribution >= 0.6 is 0 Å². The van der Waals surface area contributed by atoms with Crippen molar-refractivity contribution in [3.05, 3.63) is 52.9 Å². The van der Waals surface area contributed by atoms with Crippen molar-refractivity contribution in [2.24, 2.45) is 28.6 Å². The molecule has 0 aliphatic heterocycles. The van der Waals surface area contributed by atoms with E-state index in [9.17, 15) is 14.6 Å². The summed E-state index contributed by atoms with van der Waals surface area (Å²) in [5.41, 5.74) is 3.73. The second-order valence-electron chi connectivity index (χ2n) is 10.6. The van der Waals surface area contributed by atoms with Crippen molar-refractivity contribution in [1.29, 1.82) is 0 Å². The number of hydrogen-bond donors (Lipinski definition) is 2. The standard InChI is InChI=1S/C26H33FO2/c1-25-11-9-20(28)15-18(25)5-8-21-22(25)10-12-26(2)23(21)14-17(24(26)29)13-16-3-6-19(27)7-4-16/h3-7,13,20-24,28-29H,8-12,14-15H2,1-2H3/b17-13+/t20-,21-,22+,23+,24-,25+,26+/m1/s1. The first-order valence-electron chi connectivity index (χ1n) is 11.3. The first kappa shape index (κ1) is 19.5. The van der Waals surface area contributed by atoms with Crippen LogP contribution in [0.5, 0.6) is 0 Å². The lowest BCUT2D eigenvalue weighted by atomic mass is 9.48. The lowest BCUT2D eigenvalue weighted by molar-refractivity contribution is -0.0685. The normalized spacial score (nSPS) is 45.3. The molecule has 7 atom stereocenters. The zero-order chi connectivity index (χ0) is 20.4. The van der Waals surface area contributed by atoms with Gasteiger partial charge >= 0.3 is 0 Å². The molecule has 2 nitrogen and oxygen atoms in total. The lowest BCUT2D eigenvalue weighted by Gasteiger charge is -2.57. The molecule has 1 aromatic rings. The first-order valence-corrected chi connectivity index (χ1v) is 11.3. The number of aliphatic hydroxyl groups excluding tert-OH is 2. The van der Waals surface area contributed by atoms with Gasteiger partial charge in [-0.25, -0.2) is 4.39 Å². The van der Waals surface area contributed by atoms with Gasteiger partial charge in [-0.3, -0.25) is 0 Å². The van der Waals surface area contributed by atoms with Crippen LogP contribution in [0.3, 0.4) is 0 Å². The van der Waals surface area contributed by atoms with E-state index in [4.69, 9.17) is 0 Å². The highest BCUT2D eigenvalue weighted by Gasteiger charge is 2.59. The Morgan fingerprint density at radius 1 is 1.00 bits per heavy atom. The zero-order valence-electron chi connectivity index (χ0n) is 17.6. The number of halogens is 1. The maximum Gasteiger partial charge on any atom is 0.123 e. The zero-order valence-corrected chi connectivity index (χ0v) is 17.6. The highest BCUT2D eigenvalue weighted by molar-refractivity contribution is 5.55. The van der Waals surface area contributed by atoms with E-state index in [2.05, 4.69) is 26.0 Å². The third kappa shape index (κ3) is 2.96. The molecule has 0 radical (unpaired) electrons. The summed E-state index contributed by atoms with van der Waals surface area (Å²) in [5, 5.41) is 21.5. The van der Waals surface area contributed by atoms with Crippen LogP contribution in [0.25, 0.3) is 6.08 Å². The van der Waals surface area contributed by atoms with Crippen LogP contribution in [0.1, 0.15) is 64.4 Å². The molecule has 0 bridgehead atoms.